The summed E-state index contributed by atoms with van der Waals surface area (Å²) < 4.78 is 5.36. The number of esters is 1. The lowest BCUT2D eigenvalue weighted by atomic mass is 9.88. The molecule has 1 aromatic carbocycles. The van der Waals surface area contributed by atoms with Gasteiger partial charge in [0.25, 0.3) is 0 Å². The first kappa shape index (κ1) is 21.9. The summed E-state index contributed by atoms with van der Waals surface area (Å²) in [7, 11) is 0. The van der Waals surface area contributed by atoms with Crippen molar-refractivity contribution in [2.24, 2.45) is 5.92 Å². The van der Waals surface area contributed by atoms with E-state index in [0.29, 0.717) is 12.5 Å². The van der Waals surface area contributed by atoms with Crippen LogP contribution in [0.2, 0.25) is 0 Å². The predicted octanol–water partition coefficient (Wildman–Crippen LogP) is 4.43. The van der Waals surface area contributed by atoms with Crippen molar-refractivity contribution in [3.8, 4) is 0 Å². The van der Waals surface area contributed by atoms with Crippen LogP contribution in [0.4, 0.5) is 0 Å². The first-order valence-corrected chi connectivity index (χ1v) is 8.41. The average molecular weight is 342 g/mol. The molecule has 0 radical (unpaired) electrons. The number of likely N-dealkylation sites (N-methyl/N-ethyl adjacent to an activating group) is 1. The lowest BCUT2D eigenvalue weighted by Gasteiger charge is -2.38. The summed E-state index contributed by atoms with van der Waals surface area (Å²) in [5.41, 5.74) is 1.59. The van der Waals surface area contributed by atoms with Crippen LogP contribution in [0.15, 0.2) is 24.3 Å². The number of benzene rings is 1. The van der Waals surface area contributed by atoms with Crippen LogP contribution in [0.5, 0.6) is 0 Å². The Kier molecular flexibility index (Phi) is 9.48. The fourth-order valence-corrected chi connectivity index (χ4v) is 2.99. The first-order chi connectivity index (χ1) is 10.4. The zero-order chi connectivity index (χ0) is 16.8. The third kappa shape index (κ3) is 5.22. The summed E-state index contributed by atoms with van der Waals surface area (Å²) >= 11 is 0. The Morgan fingerprint density at radius 1 is 1.13 bits per heavy atom. The summed E-state index contributed by atoms with van der Waals surface area (Å²) in [5.74, 6) is 0.459. The molecule has 0 aliphatic carbocycles. The van der Waals surface area contributed by atoms with E-state index in [4.69, 9.17) is 4.74 Å². The molecule has 23 heavy (non-hydrogen) atoms. The Hall–Kier alpha value is -1.06. The van der Waals surface area contributed by atoms with Gasteiger partial charge in [-0.2, -0.15) is 0 Å². The van der Waals surface area contributed by atoms with E-state index in [2.05, 4.69) is 56.9 Å². The van der Waals surface area contributed by atoms with Gasteiger partial charge in [-0.25, -0.2) is 4.79 Å². The molecule has 132 valence electrons. The van der Waals surface area contributed by atoms with Crippen molar-refractivity contribution in [3.05, 3.63) is 35.4 Å². The molecule has 0 aliphatic rings. The SMILES string of the molecule is CCOC(=O)C(C)(c1ccc(CC(C)C)cc1)N(CC)CC.Cl. The van der Waals surface area contributed by atoms with Gasteiger partial charge in [-0.1, -0.05) is 52.0 Å². The Morgan fingerprint density at radius 3 is 2.04 bits per heavy atom. The van der Waals surface area contributed by atoms with E-state index in [9.17, 15) is 4.79 Å². The zero-order valence-electron chi connectivity index (χ0n) is 15.4. The van der Waals surface area contributed by atoms with Gasteiger partial charge in [-0.05, 0) is 50.4 Å². The molecule has 3 nitrogen and oxygen atoms in total. The van der Waals surface area contributed by atoms with Crippen molar-refractivity contribution in [3.63, 3.8) is 0 Å². The summed E-state index contributed by atoms with van der Waals surface area (Å²) in [4.78, 5) is 14.8. The number of rotatable bonds is 8. The average Bonchev–Trinajstić information content (AvgIpc) is 2.48. The minimum Gasteiger partial charge on any atom is -0.464 e. The molecule has 0 bridgehead atoms. The van der Waals surface area contributed by atoms with Gasteiger partial charge >= 0.3 is 5.97 Å². The molecule has 0 saturated heterocycles. The Balaban J connectivity index is 0.00000484. The minimum absolute atomic E-state index is 0. The van der Waals surface area contributed by atoms with Crippen LogP contribution < -0.4 is 0 Å². The van der Waals surface area contributed by atoms with Gasteiger partial charge in [0.15, 0.2) is 0 Å². The molecule has 4 heteroatoms. The van der Waals surface area contributed by atoms with Gasteiger partial charge in [0.05, 0.1) is 6.61 Å². The summed E-state index contributed by atoms with van der Waals surface area (Å²) in [6.45, 7) is 14.4. The first-order valence-electron chi connectivity index (χ1n) is 8.41. The normalized spacial score (nSPS) is 13.6. The van der Waals surface area contributed by atoms with Crippen molar-refractivity contribution in [1.29, 1.82) is 0 Å². The number of halogens is 1. The lowest BCUT2D eigenvalue weighted by Crippen LogP contribution is -2.50. The second-order valence-corrected chi connectivity index (χ2v) is 6.26. The summed E-state index contributed by atoms with van der Waals surface area (Å²) in [6, 6.07) is 8.42. The molecule has 0 amide bonds. The van der Waals surface area contributed by atoms with Gasteiger partial charge in [-0.15, -0.1) is 12.4 Å². The molecule has 1 unspecified atom stereocenters. The van der Waals surface area contributed by atoms with E-state index in [1.54, 1.807) is 0 Å². The maximum absolute atomic E-state index is 12.6. The molecule has 0 N–H and O–H groups in total. The monoisotopic (exact) mass is 341 g/mol. The highest BCUT2D eigenvalue weighted by Crippen LogP contribution is 2.30. The maximum Gasteiger partial charge on any atom is 0.330 e. The standard InChI is InChI=1S/C19H31NO2.ClH/c1-7-20(8-2)19(6,18(21)22-9-3)17-12-10-16(11-13-17)14-15(4)5;/h10-13,15H,7-9,14H2,1-6H3;1H. The van der Waals surface area contributed by atoms with E-state index in [1.165, 1.54) is 5.56 Å². The molecule has 0 aromatic heterocycles. The van der Waals surface area contributed by atoms with Crippen LogP contribution >= 0.6 is 12.4 Å². The maximum atomic E-state index is 12.6. The topological polar surface area (TPSA) is 29.5 Å². The van der Waals surface area contributed by atoms with Crippen molar-refractivity contribution in [2.75, 3.05) is 19.7 Å². The van der Waals surface area contributed by atoms with Gasteiger partial charge < -0.3 is 4.74 Å². The predicted molar refractivity (Wildman–Crippen MR) is 99.1 cm³/mol. The van der Waals surface area contributed by atoms with Crippen molar-refractivity contribution >= 4 is 18.4 Å². The van der Waals surface area contributed by atoms with Crippen LogP contribution in [-0.4, -0.2) is 30.6 Å². The van der Waals surface area contributed by atoms with Crippen molar-refractivity contribution in [1.82, 2.24) is 4.90 Å². The van der Waals surface area contributed by atoms with E-state index >= 15 is 0 Å². The Bertz CT molecular complexity index is 469. The molecular formula is C19H32ClNO2. The fourth-order valence-electron chi connectivity index (χ4n) is 2.99. The van der Waals surface area contributed by atoms with Gasteiger partial charge in [0, 0.05) is 0 Å². The highest BCUT2D eigenvalue weighted by atomic mass is 35.5. The molecule has 1 aromatic rings. The Labute approximate surface area is 147 Å². The third-order valence-electron chi connectivity index (χ3n) is 4.23. The van der Waals surface area contributed by atoms with E-state index in [-0.39, 0.29) is 18.4 Å². The van der Waals surface area contributed by atoms with E-state index in [1.807, 2.05) is 13.8 Å². The Morgan fingerprint density at radius 2 is 1.65 bits per heavy atom. The van der Waals surface area contributed by atoms with Crippen LogP contribution in [0.25, 0.3) is 0 Å². The van der Waals surface area contributed by atoms with E-state index < -0.39 is 5.54 Å². The number of hydrogen-bond donors (Lipinski definition) is 0. The molecular weight excluding hydrogens is 310 g/mol. The molecule has 0 saturated carbocycles. The molecule has 1 rings (SSSR count). The van der Waals surface area contributed by atoms with Crippen molar-refractivity contribution < 1.29 is 9.53 Å². The summed E-state index contributed by atoms with van der Waals surface area (Å²) in [5, 5.41) is 0. The quantitative estimate of drug-likeness (QED) is 0.655. The highest BCUT2D eigenvalue weighted by Gasteiger charge is 2.41. The molecule has 0 spiro atoms. The lowest BCUT2D eigenvalue weighted by molar-refractivity contribution is -0.157. The van der Waals surface area contributed by atoms with Gasteiger partial charge in [0.1, 0.15) is 5.54 Å². The second-order valence-electron chi connectivity index (χ2n) is 6.26. The van der Waals surface area contributed by atoms with Crippen LogP contribution in [0.1, 0.15) is 52.7 Å². The van der Waals surface area contributed by atoms with Crippen LogP contribution in [0.3, 0.4) is 0 Å². The number of carbonyl (C=O) groups excluding carboxylic acids is 1. The molecule has 0 fully saturated rings. The molecule has 0 aliphatic heterocycles. The van der Waals surface area contributed by atoms with E-state index in [0.717, 1.165) is 25.1 Å². The van der Waals surface area contributed by atoms with Crippen LogP contribution in [0, 0.1) is 5.92 Å². The number of nitrogens with zero attached hydrogens (tertiary/aromatic N) is 1. The summed E-state index contributed by atoms with van der Waals surface area (Å²) in [6.07, 6.45) is 1.06. The molecule has 1 atom stereocenters. The number of carbonyl (C=O) groups is 1. The molecule has 0 heterocycles. The zero-order valence-corrected chi connectivity index (χ0v) is 16.2. The highest BCUT2D eigenvalue weighted by molar-refractivity contribution is 5.85. The van der Waals surface area contributed by atoms with Crippen molar-refractivity contribution in [2.45, 2.75) is 53.5 Å². The minimum atomic E-state index is -0.726. The van der Waals surface area contributed by atoms with Crippen LogP contribution in [-0.2, 0) is 21.5 Å². The largest absolute Gasteiger partial charge is 0.464 e. The number of hydrogen-bond acceptors (Lipinski definition) is 3. The number of ether oxygens (including phenoxy) is 1. The van der Waals surface area contributed by atoms with Gasteiger partial charge in [-0.3, -0.25) is 4.90 Å². The fraction of sp³-hybridized carbons (Fsp3) is 0.632. The second kappa shape index (κ2) is 9.94. The van der Waals surface area contributed by atoms with Gasteiger partial charge in [0.2, 0.25) is 0 Å². The smallest absolute Gasteiger partial charge is 0.330 e. The third-order valence-corrected chi connectivity index (χ3v) is 4.23.